The zero-order valence-electron chi connectivity index (χ0n) is 13.5. The van der Waals surface area contributed by atoms with E-state index in [1.807, 2.05) is 48.5 Å². The number of amidine groups is 2. The number of nitrogens with two attached hydrogens (primary N) is 2. The predicted molar refractivity (Wildman–Crippen MR) is 99.3 cm³/mol. The Bertz CT molecular complexity index is 662. The van der Waals surface area contributed by atoms with Crippen LogP contribution in [0.3, 0.4) is 0 Å². The van der Waals surface area contributed by atoms with Crippen LogP contribution in [0, 0.1) is 10.8 Å². The monoisotopic (exact) mass is 322 g/mol. The highest BCUT2D eigenvalue weighted by Gasteiger charge is 2.17. The van der Waals surface area contributed by atoms with Crippen LogP contribution in [0.5, 0.6) is 0 Å². The molecule has 1 fully saturated rings. The molecule has 1 saturated heterocycles. The fourth-order valence-electron chi connectivity index (χ4n) is 2.93. The molecule has 6 heteroatoms. The van der Waals surface area contributed by atoms with Crippen LogP contribution in [0.1, 0.15) is 11.1 Å². The summed E-state index contributed by atoms with van der Waals surface area (Å²) in [7, 11) is 0. The molecule has 1 heterocycles. The highest BCUT2D eigenvalue weighted by atomic mass is 15.3. The van der Waals surface area contributed by atoms with E-state index in [0.29, 0.717) is 0 Å². The number of nitrogens with zero attached hydrogens (tertiary/aromatic N) is 2. The van der Waals surface area contributed by atoms with Gasteiger partial charge in [-0.2, -0.15) is 0 Å². The molecule has 2 aromatic rings. The Morgan fingerprint density at radius 1 is 0.625 bits per heavy atom. The Labute approximate surface area is 141 Å². The van der Waals surface area contributed by atoms with Crippen molar-refractivity contribution in [2.24, 2.45) is 11.5 Å². The standard InChI is InChI=1S/C18H22N6/c19-17(20)13-1-5-15(6-2-13)23-9-11-24(12-10-23)16-7-3-14(4-8-16)18(21)22/h1-8H,9-12H2,(H3,19,20)(H3,21,22). The van der Waals surface area contributed by atoms with E-state index in [-0.39, 0.29) is 11.7 Å². The lowest BCUT2D eigenvalue weighted by Crippen LogP contribution is -2.46. The summed E-state index contributed by atoms with van der Waals surface area (Å²) in [6.07, 6.45) is 0. The van der Waals surface area contributed by atoms with Crippen molar-refractivity contribution < 1.29 is 0 Å². The molecule has 0 saturated carbocycles. The third kappa shape index (κ3) is 3.32. The van der Waals surface area contributed by atoms with Gasteiger partial charge >= 0.3 is 0 Å². The lowest BCUT2D eigenvalue weighted by molar-refractivity contribution is 0.653. The minimum atomic E-state index is 0.0976. The van der Waals surface area contributed by atoms with Crippen LogP contribution in [0.15, 0.2) is 48.5 Å². The van der Waals surface area contributed by atoms with Crippen LogP contribution >= 0.6 is 0 Å². The quantitative estimate of drug-likeness (QED) is 0.506. The molecule has 0 aliphatic carbocycles. The third-order valence-electron chi connectivity index (χ3n) is 4.37. The maximum atomic E-state index is 7.45. The van der Waals surface area contributed by atoms with Crippen molar-refractivity contribution in [3.05, 3.63) is 59.7 Å². The molecule has 1 aliphatic heterocycles. The Morgan fingerprint density at radius 2 is 0.917 bits per heavy atom. The van der Waals surface area contributed by atoms with E-state index in [9.17, 15) is 0 Å². The van der Waals surface area contributed by atoms with E-state index in [1.165, 1.54) is 0 Å². The summed E-state index contributed by atoms with van der Waals surface area (Å²) in [5, 5.41) is 14.9. The lowest BCUT2D eigenvalue weighted by atomic mass is 10.1. The first-order valence-corrected chi connectivity index (χ1v) is 7.93. The third-order valence-corrected chi connectivity index (χ3v) is 4.37. The van der Waals surface area contributed by atoms with E-state index in [2.05, 4.69) is 9.80 Å². The summed E-state index contributed by atoms with van der Waals surface area (Å²) < 4.78 is 0. The number of hydrogen-bond acceptors (Lipinski definition) is 4. The van der Waals surface area contributed by atoms with Gasteiger partial charge in [0.25, 0.3) is 0 Å². The number of hydrogen-bond donors (Lipinski definition) is 4. The van der Waals surface area contributed by atoms with Crippen molar-refractivity contribution >= 4 is 23.0 Å². The first kappa shape index (κ1) is 15.9. The highest BCUT2D eigenvalue weighted by molar-refractivity contribution is 5.95. The summed E-state index contributed by atoms with van der Waals surface area (Å²) >= 11 is 0. The van der Waals surface area contributed by atoms with Crippen molar-refractivity contribution in [1.82, 2.24) is 0 Å². The fourth-order valence-corrected chi connectivity index (χ4v) is 2.93. The minimum absolute atomic E-state index is 0.0976. The zero-order chi connectivity index (χ0) is 17.1. The Hall–Kier alpha value is -3.02. The molecule has 6 nitrogen and oxygen atoms in total. The first-order chi connectivity index (χ1) is 11.5. The van der Waals surface area contributed by atoms with E-state index in [0.717, 1.165) is 48.7 Å². The molecule has 124 valence electrons. The van der Waals surface area contributed by atoms with Crippen LogP contribution in [-0.4, -0.2) is 37.9 Å². The molecule has 24 heavy (non-hydrogen) atoms. The molecule has 0 amide bonds. The molecular weight excluding hydrogens is 300 g/mol. The van der Waals surface area contributed by atoms with Gasteiger partial charge in [-0.25, -0.2) is 0 Å². The van der Waals surface area contributed by atoms with E-state index >= 15 is 0 Å². The van der Waals surface area contributed by atoms with Gasteiger partial charge in [-0.05, 0) is 48.5 Å². The van der Waals surface area contributed by atoms with Crippen molar-refractivity contribution in [1.29, 1.82) is 10.8 Å². The topological polar surface area (TPSA) is 106 Å². The van der Waals surface area contributed by atoms with Gasteiger partial charge in [0.2, 0.25) is 0 Å². The molecule has 3 rings (SSSR count). The second kappa shape index (κ2) is 6.62. The molecule has 0 bridgehead atoms. The van der Waals surface area contributed by atoms with Crippen LogP contribution in [0.25, 0.3) is 0 Å². The first-order valence-electron chi connectivity index (χ1n) is 7.93. The second-order valence-corrected chi connectivity index (χ2v) is 5.90. The normalized spacial score (nSPS) is 14.5. The maximum Gasteiger partial charge on any atom is 0.122 e. The Morgan fingerprint density at radius 3 is 1.17 bits per heavy atom. The van der Waals surface area contributed by atoms with E-state index in [1.54, 1.807) is 0 Å². The number of piperazine rings is 1. The molecule has 2 aromatic carbocycles. The van der Waals surface area contributed by atoms with Gasteiger partial charge in [0.15, 0.2) is 0 Å². The van der Waals surface area contributed by atoms with E-state index in [4.69, 9.17) is 22.3 Å². The van der Waals surface area contributed by atoms with Crippen molar-refractivity contribution in [3.8, 4) is 0 Å². The van der Waals surface area contributed by atoms with Gasteiger partial charge in [-0.3, -0.25) is 10.8 Å². The summed E-state index contributed by atoms with van der Waals surface area (Å²) in [5.41, 5.74) is 14.8. The lowest BCUT2D eigenvalue weighted by Gasteiger charge is -2.37. The van der Waals surface area contributed by atoms with Crippen molar-refractivity contribution in [3.63, 3.8) is 0 Å². The maximum absolute atomic E-state index is 7.45. The van der Waals surface area contributed by atoms with Gasteiger partial charge in [-0.15, -0.1) is 0 Å². The van der Waals surface area contributed by atoms with Crippen LogP contribution < -0.4 is 21.3 Å². The van der Waals surface area contributed by atoms with Gasteiger partial charge in [0.1, 0.15) is 11.7 Å². The summed E-state index contributed by atoms with van der Waals surface area (Å²) in [6, 6.07) is 15.7. The van der Waals surface area contributed by atoms with Crippen LogP contribution in [0.4, 0.5) is 11.4 Å². The molecule has 6 N–H and O–H groups in total. The summed E-state index contributed by atoms with van der Waals surface area (Å²) in [6.45, 7) is 3.75. The molecule has 0 spiro atoms. The summed E-state index contributed by atoms with van der Waals surface area (Å²) in [4.78, 5) is 4.68. The van der Waals surface area contributed by atoms with Crippen LogP contribution in [-0.2, 0) is 0 Å². The van der Waals surface area contributed by atoms with Crippen LogP contribution in [0.2, 0.25) is 0 Å². The van der Waals surface area contributed by atoms with Gasteiger partial charge in [-0.1, -0.05) is 0 Å². The average molecular weight is 322 g/mol. The van der Waals surface area contributed by atoms with E-state index < -0.39 is 0 Å². The average Bonchev–Trinajstić information content (AvgIpc) is 2.62. The highest BCUT2D eigenvalue weighted by Crippen LogP contribution is 2.21. The molecule has 0 atom stereocenters. The number of nitrogen functional groups attached to an aromatic ring is 2. The predicted octanol–water partition coefficient (Wildman–Crippen LogP) is 1.58. The minimum Gasteiger partial charge on any atom is -0.384 e. The number of anilines is 2. The Kier molecular flexibility index (Phi) is 4.37. The van der Waals surface area contributed by atoms with Gasteiger partial charge in [0, 0.05) is 48.7 Å². The SMILES string of the molecule is N=C(N)c1ccc(N2CCN(c3ccc(C(=N)N)cc3)CC2)cc1. The largest absolute Gasteiger partial charge is 0.384 e. The van der Waals surface area contributed by atoms with Gasteiger partial charge < -0.3 is 21.3 Å². The summed E-state index contributed by atoms with van der Waals surface area (Å²) in [5.74, 6) is 0.195. The smallest absolute Gasteiger partial charge is 0.122 e. The van der Waals surface area contributed by atoms with Crippen molar-refractivity contribution in [2.75, 3.05) is 36.0 Å². The molecule has 1 aliphatic rings. The molecule has 0 aromatic heterocycles. The van der Waals surface area contributed by atoms with Crippen molar-refractivity contribution in [2.45, 2.75) is 0 Å². The molecular formula is C18H22N6. The zero-order valence-corrected chi connectivity index (χ0v) is 13.5. The Balaban J connectivity index is 1.62. The molecule has 0 radical (unpaired) electrons. The molecule has 0 unspecified atom stereocenters. The number of rotatable bonds is 4. The van der Waals surface area contributed by atoms with Gasteiger partial charge in [0.05, 0.1) is 0 Å². The number of benzene rings is 2. The fraction of sp³-hybridized carbons (Fsp3) is 0.222. The number of nitrogens with one attached hydrogen (secondary N) is 2. The second-order valence-electron chi connectivity index (χ2n) is 5.90.